The lowest BCUT2D eigenvalue weighted by molar-refractivity contribution is -0.140. The average Bonchev–Trinajstić information content (AvgIpc) is 2.66. The van der Waals surface area contributed by atoms with Gasteiger partial charge in [0.25, 0.3) is 0 Å². The van der Waals surface area contributed by atoms with Gasteiger partial charge in [0.15, 0.2) is 0 Å². The highest BCUT2D eigenvalue weighted by Crippen LogP contribution is 2.35. The molecule has 0 aromatic heterocycles. The zero-order chi connectivity index (χ0) is 11.6. The van der Waals surface area contributed by atoms with Gasteiger partial charge in [0.05, 0.1) is 18.0 Å². The molecule has 2 rings (SSSR count). The fourth-order valence-corrected chi connectivity index (χ4v) is 3.09. The third kappa shape index (κ3) is 2.49. The predicted molar refractivity (Wildman–Crippen MR) is 61.2 cm³/mol. The highest BCUT2D eigenvalue weighted by Gasteiger charge is 2.41. The van der Waals surface area contributed by atoms with E-state index in [0.29, 0.717) is 0 Å². The molecule has 1 atom stereocenters. The summed E-state index contributed by atoms with van der Waals surface area (Å²) in [6, 6.07) is -0.156. The summed E-state index contributed by atoms with van der Waals surface area (Å²) in [7, 11) is 0. The number of amides is 1. The Hall–Kier alpha value is -0.750. The molecule has 5 nitrogen and oxygen atoms in total. The van der Waals surface area contributed by atoms with Crippen LogP contribution in [0.4, 0.5) is 0 Å². The van der Waals surface area contributed by atoms with Crippen molar-refractivity contribution < 1.29 is 14.7 Å². The van der Waals surface area contributed by atoms with Crippen molar-refractivity contribution in [2.75, 3.05) is 11.6 Å². The molecule has 3 N–H and O–H groups in total. The lowest BCUT2D eigenvalue weighted by Crippen LogP contribution is -2.58. The summed E-state index contributed by atoms with van der Waals surface area (Å²) in [4.78, 5) is 22.6. The van der Waals surface area contributed by atoms with Crippen molar-refractivity contribution in [3.63, 3.8) is 0 Å². The minimum absolute atomic E-state index is 0.0403. The normalized spacial score (nSPS) is 27.1. The Morgan fingerprint density at radius 3 is 2.69 bits per heavy atom. The molecule has 16 heavy (non-hydrogen) atoms. The summed E-state index contributed by atoms with van der Waals surface area (Å²) in [5.74, 6) is 0.679. The Balaban J connectivity index is 1.90. The van der Waals surface area contributed by atoms with E-state index in [0.717, 1.165) is 30.9 Å². The van der Waals surface area contributed by atoms with E-state index >= 15 is 0 Å². The van der Waals surface area contributed by atoms with E-state index in [9.17, 15) is 9.59 Å². The van der Waals surface area contributed by atoms with Crippen molar-refractivity contribution in [2.45, 2.75) is 37.3 Å². The first-order valence-corrected chi connectivity index (χ1v) is 6.62. The van der Waals surface area contributed by atoms with Crippen LogP contribution in [0, 0.1) is 0 Å². The Morgan fingerprint density at radius 1 is 1.50 bits per heavy atom. The van der Waals surface area contributed by atoms with E-state index in [1.165, 1.54) is 0 Å². The lowest BCUT2D eigenvalue weighted by atomic mass is 9.74. The average molecular weight is 244 g/mol. The molecule has 0 aromatic rings. The highest BCUT2D eigenvalue weighted by molar-refractivity contribution is 7.99. The Bertz CT molecular complexity index is 298. The monoisotopic (exact) mass is 244 g/mol. The molecule has 90 valence electrons. The number of hydrogen-bond acceptors (Lipinski definition) is 4. The Morgan fingerprint density at radius 2 is 2.25 bits per heavy atom. The van der Waals surface area contributed by atoms with Gasteiger partial charge in [-0.3, -0.25) is 14.9 Å². The SMILES string of the molecule is O=C(O)CC1(NC(=O)C2CSCN2)CCC1. The fraction of sp³-hybridized carbons (Fsp3) is 0.800. The van der Waals surface area contributed by atoms with E-state index in [1.807, 2.05) is 0 Å². The number of carbonyl (C=O) groups excluding carboxylic acids is 1. The summed E-state index contributed by atoms with van der Waals surface area (Å²) in [6.07, 6.45) is 2.61. The van der Waals surface area contributed by atoms with Crippen LogP contribution in [0.5, 0.6) is 0 Å². The zero-order valence-corrected chi connectivity index (χ0v) is 9.81. The standard InChI is InChI=1S/C10H16N2O3S/c13-8(14)4-10(2-1-3-10)12-9(15)7-5-16-6-11-7/h7,11H,1-6H2,(H,12,15)(H,13,14). The van der Waals surface area contributed by atoms with Gasteiger partial charge in [-0.1, -0.05) is 0 Å². The minimum atomic E-state index is -0.839. The van der Waals surface area contributed by atoms with Crippen molar-refractivity contribution >= 4 is 23.6 Å². The van der Waals surface area contributed by atoms with E-state index in [1.54, 1.807) is 11.8 Å². The number of carboxylic acid groups (broad SMARTS) is 1. The molecular formula is C10H16N2O3S. The first kappa shape index (κ1) is 11.7. The first-order valence-electron chi connectivity index (χ1n) is 5.46. The molecule has 0 aromatic carbocycles. The number of carboxylic acids is 1. The third-order valence-electron chi connectivity index (χ3n) is 3.22. The number of thioether (sulfide) groups is 1. The van der Waals surface area contributed by atoms with Crippen molar-refractivity contribution in [3.05, 3.63) is 0 Å². The Labute approximate surface area is 98.4 Å². The van der Waals surface area contributed by atoms with Gasteiger partial charge in [-0.25, -0.2) is 0 Å². The first-order chi connectivity index (χ1) is 7.61. The zero-order valence-electron chi connectivity index (χ0n) is 8.99. The molecule has 1 heterocycles. The molecule has 0 bridgehead atoms. The quantitative estimate of drug-likeness (QED) is 0.656. The van der Waals surface area contributed by atoms with Crippen LogP contribution < -0.4 is 10.6 Å². The second-order valence-corrected chi connectivity index (χ2v) is 5.50. The summed E-state index contributed by atoms with van der Waals surface area (Å²) >= 11 is 1.69. The maximum Gasteiger partial charge on any atom is 0.305 e. The van der Waals surface area contributed by atoms with Crippen LogP contribution in [0.2, 0.25) is 0 Å². The molecule has 0 spiro atoms. The molecular weight excluding hydrogens is 228 g/mol. The molecule has 2 fully saturated rings. The van der Waals surface area contributed by atoms with Crippen molar-refractivity contribution in [1.82, 2.24) is 10.6 Å². The van der Waals surface area contributed by atoms with Gasteiger partial charge in [0.1, 0.15) is 0 Å². The fourth-order valence-electron chi connectivity index (χ4n) is 2.15. The Kier molecular flexibility index (Phi) is 3.39. The van der Waals surface area contributed by atoms with Crippen LogP contribution in [0.15, 0.2) is 0 Å². The number of aliphatic carboxylic acids is 1. The molecule has 1 unspecified atom stereocenters. The van der Waals surface area contributed by atoms with Gasteiger partial charge in [-0.2, -0.15) is 0 Å². The van der Waals surface area contributed by atoms with Gasteiger partial charge < -0.3 is 10.4 Å². The van der Waals surface area contributed by atoms with Gasteiger partial charge in [0, 0.05) is 11.6 Å². The van der Waals surface area contributed by atoms with Crippen LogP contribution in [-0.2, 0) is 9.59 Å². The van der Waals surface area contributed by atoms with Gasteiger partial charge in [-0.15, -0.1) is 11.8 Å². The predicted octanol–water partition coefficient (Wildman–Crippen LogP) is 0.162. The maximum atomic E-state index is 11.9. The molecule has 1 aliphatic heterocycles. The van der Waals surface area contributed by atoms with E-state index in [-0.39, 0.29) is 18.4 Å². The minimum Gasteiger partial charge on any atom is -0.481 e. The van der Waals surface area contributed by atoms with E-state index in [2.05, 4.69) is 10.6 Å². The van der Waals surface area contributed by atoms with Crippen LogP contribution in [0.25, 0.3) is 0 Å². The number of carbonyl (C=O) groups is 2. The topological polar surface area (TPSA) is 78.4 Å². The van der Waals surface area contributed by atoms with E-state index < -0.39 is 11.5 Å². The third-order valence-corrected chi connectivity index (χ3v) is 4.16. The van der Waals surface area contributed by atoms with Crippen molar-refractivity contribution in [1.29, 1.82) is 0 Å². The molecule has 2 aliphatic rings. The van der Waals surface area contributed by atoms with Crippen LogP contribution in [-0.4, -0.2) is 40.2 Å². The number of hydrogen-bond donors (Lipinski definition) is 3. The smallest absolute Gasteiger partial charge is 0.305 e. The van der Waals surface area contributed by atoms with Crippen molar-refractivity contribution in [2.24, 2.45) is 0 Å². The number of nitrogens with one attached hydrogen (secondary N) is 2. The second kappa shape index (κ2) is 4.63. The van der Waals surface area contributed by atoms with Crippen molar-refractivity contribution in [3.8, 4) is 0 Å². The molecule has 1 amide bonds. The van der Waals surface area contributed by atoms with Crippen LogP contribution in [0.3, 0.4) is 0 Å². The summed E-state index contributed by atoms with van der Waals surface area (Å²) < 4.78 is 0. The largest absolute Gasteiger partial charge is 0.481 e. The van der Waals surface area contributed by atoms with Crippen LogP contribution in [0.1, 0.15) is 25.7 Å². The van der Waals surface area contributed by atoms with Gasteiger partial charge in [-0.05, 0) is 19.3 Å². The summed E-state index contributed by atoms with van der Waals surface area (Å²) in [5.41, 5.74) is -0.474. The molecule has 1 saturated carbocycles. The maximum absolute atomic E-state index is 11.9. The summed E-state index contributed by atoms with van der Waals surface area (Å²) in [6.45, 7) is 0. The molecule has 1 aliphatic carbocycles. The van der Waals surface area contributed by atoms with E-state index in [4.69, 9.17) is 5.11 Å². The van der Waals surface area contributed by atoms with Gasteiger partial charge >= 0.3 is 5.97 Å². The number of rotatable bonds is 4. The second-order valence-electron chi connectivity index (χ2n) is 4.47. The molecule has 1 saturated heterocycles. The lowest BCUT2D eigenvalue weighted by Gasteiger charge is -2.42. The highest BCUT2D eigenvalue weighted by atomic mass is 32.2. The molecule has 6 heteroatoms. The molecule has 0 radical (unpaired) electrons. The van der Waals surface area contributed by atoms with Gasteiger partial charge in [0.2, 0.25) is 5.91 Å². The van der Waals surface area contributed by atoms with Crippen LogP contribution >= 0.6 is 11.8 Å². The summed E-state index contributed by atoms with van der Waals surface area (Å²) in [5, 5.41) is 14.8.